The minimum Gasteiger partial charge on any atom is -0.391 e. The third-order valence-corrected chi connectivity index (χ3v) is 2.04. The van der Waals surface area contributed by atoms with Crippen molar-refractivity contribution in [1.82, 2.24) is 9.55 Å². The van der Waals surface area contributed by atoms with Crippen molar-refractivity contribution in [3.05, 3.63) is 20.8 Å². The number of halogens is 1. The lowest BCUT2D eigenvalue weighted by Crippen LogP contribution is -2.33. The van der Waals surface area contributed by atoms with E-state index in [1.807, 2.05) is 4.98 Å². The molecule has 1 aromatic heterocycles. The maximum Gasteiger partial charge on any atom is 0.330 e. The first-order chi connectivity index (χ1) is 7.07. The van der Waals surface area contributed by atoms with Crippen LogP contribution < -0.4 is 22.7 Å². The fraction of sp³-hybridized carbons (Fsp3) is 0.500. The standard InChI is InChI=1S/C8H13FN4O2/c9-3-1-2-4-13-6(11)5(10)7(14)12-8(13)15/h1-4,10-11H2,(H,12,14,15). The van der Waals surface area contributed by atoms with Gasteiger partial charge in [-0.3, -0.25) is 18.7 Å². The van der Waals surface area contributed by atoms with Crippen molar-refractivity contribution >= 4 is 11.5 Å². The second kappa shape index (κ2) is 4.63. The molecule has 0 aliphatic carbocycles. The van der Waals surface area contributed by atoms with Crippen LogP contribution in [-0.2, 0) is 6.54 Å². The van der Waals surface area contributed by atoms with Gasteiger partial charge in [-0.2, -0.15) is 0 Å². The molecule has 1 aromatic rings. The monoisotopic (exact) mass is 216 g/mol. The molecule has 0 spiro atoms. The molecular weight excluding hydrogens is 203 g/mol. The summed E-state index contributed by atoms with van der Waals surface area (Å²) in [4.78, 5) is 24.3. The zero-order chi connectivity index (χ0) is 11.4. The summed E-state index contributed by atoms with van der Waals surface area (Å²) in [6.45, 7) is -0.205. The van der Waals surface area contributed by atoms with Gasteiger partial charge in [0.25, 0.3) is 5.56 Å². The molecule has 15 heavy (non-hydrogen) atoms. The van der Waals surface area contributed by atoms with E-state index in [0.29, 0.717) is 12.8 Å². The summed E-state index contributed by atoms with van der Waals surface area (Å²) in [5.74, 6) is -0.0670. The van der Waals surface area contributed by atoms with Gasteiger partial charge >= 0.3 is 5.69 Å². The van der Waals surface area contributed by atoms with Gasteiger partial charge in [-0.05, 0) is 12.8 Å². The van der Waals surface area contributed by atoms with Crippen LogP contribution >= 0.6 is 0 Å². The first-order valence-electron chi connectivity index (χ1n) is 4.52. The molecule has 6 nitrogen and oxygen atoms in total. The van der Waals surface area contributed by atoms with Crippen molar-refractivity contribution in [2.45, 2.75) is 19.4 Å². The molecule has 0 atom stereocenters. The second-order valence-corrected chi connectivity index (χ2v) is 3.11. The van der Waals surface area contributed by atoms with Gasteiger partial charge < -0.3 is 11.5 Å². The lowest BCUT2D eigenvalue weighted by atomic mass is 10.3. The van der Waals surface area contributed by atoms with Crippen molar-refractivity contribution in [2.75, 3.05) is 18.1 Å². The van der Waals surface area contributed by atoms with Crippen LogP contribution in [0.3, 0.4) is 0 Å². The van der Waals surface area contributed by atoms with Crippen LogP contribution in [0.15, 0.2) is 9.59 Å². The molecule has 5 N–H and O–H groups in total. The Morgan fingerprint density at radius 1 is 1.27 bits per heavy atom. The number of H-pyrrole nitrogens is 1. The number of anilines is 2. The molecule has 0 saturated carbocycles. The predicted octanol–water partition coefficient (Wildman–Crippen LogP) is -0.549. The number of nitrogens with two attached hydrogens (primary N) is 2. The summed E-state index contributed by atoms with van der Waals surface area (Å²) in [7, 11) is 0. The highest BCUT2D eigenvalue weighted by Crippen LogP contribution is 2.05. The second-order valence-electron chi connectivity index (χ2n) is 3.11. The Balaban J connectivity index is 3.02. The maximum absolute atomic E-state index is 11.8. The third kappa shape index (κ3) is 2.36. The van der Waals surface area contributed by atoms with Gasteiger partial charge in [0.2, 0.25) is 0 Å². The molecule has 0 radical (unpaired) electrons. The van der Waals surface area contributed by atoms with Gasteiger partial charge in [0.15, 0.2) is 0 Å². The van der Waals surface area contributed by atoms with E-state index in [0.717, 1.165) is 4.57 Å². The molecular formula is C8H13FN4O2. The Bertz CT molecular complexity index is 451. The van der Waals surface area contributed by atoms with Crippen molar-refractivity contribution in [3.63, 3.8) is 0 Å². The van der Waals surface area contributed by atoms with E-state index in [4.69, 9.17) is 11.5 Å². The average molecular weight is 216 g/mol. The zero-order valence-electron chi connectivity index (χ0n) is 8.12. The highest BCUT2D eigenvalue weighted by molar-refractivity contribution is 5.56. The zero-order valence-corrected chi connectivity index (χ0v) is 8.12. The average Bonchev–Trinajstić information content (AvgIpc) is 2.20. The Kier molecular flexibility index (Phi) is 3.48. The number of nitrogens with zero attached hydrogens (tertiary/aromatic N) is 1. The van der Waals surface area contributed by atoms with Crippen LogP contribution in [0, 0.1) is 0 Å². The van der Waals surface area contributed by atoms with Gasteiger partial charge in [0.1, 0.15) is 11.5 Å². The Hall–Kier alpha value is -1.79. The number of nitrogens with one attached hydrogen (secondary N) is 1. The van der Waals surface area contributed by atoms with Gasteiger partial charge in [-0.1, -0.05) is 0 Å². The molecule has 0 unspecified atom stereocenters. The minimum absolute atomic E-state index is 0.0670. The number of aromatic amines is 1. The minimum atomic E-state index is -0.695. The third-order valence-electron chi connectivity index (χ3n) is 2.04. The molecule has 84 valence electrons. The van der Waals surface area contributed by atoms with E-state index in [9.17, 15) is 14.0 Å². The number of hydrogen-bond donors (Lipinski definition) is 3. The van der Waals surface area contributed by atoms with E-state index in [1.54, 1.807) is 0 Å². The molecule has 0 aromatic carbocycles. The van der Waals surface area contributed by atoms with E-state index >= 15 is 0 Å². The van der Waals surface area contributed by atoms with Crippen LogP contribution in [0.2, 0.25) is 0 Å². The number of alkyl halides is 1. The molecule has 7 heteroatoms. The topological polar surface area (TPSA) is 107 Å². The summed E-state index contributed by atoms with van der Waals surface area (Å²) in [6.07, 6.45) is 0.803. The van der Waals surface area contributed by atoms with Crippen molar-refractivity contribution in [2.24, 2.45) is 0 Å². The number of rotatable bonds is 4. The molecule has 1 rings (SSSR count). The number of aromatic nitrogens is 2. The first kappa shape index (κ1) is 11.3. The summed E-state index contributed by atoms with van der Waals surface area (Å²) >= 11 is 0. The molecule has 0 bridgehead atoms. The van der Waals surface area contributed by atoms with Crippen LogP contribution in [-0.4, -0.2) is 16.2 Å². The number of unbranched alkanes of at least 4 members (excludes halogenated alkanes) is 1. The van der Waals surface area contributed by atoms with Crippen molar-refractivity contribution < 1.29 is 4.39 Å². The smallest absolute Gasteiger partial charge is 0.330 e. The van der Waals surface area contributed by atoms with E-state index in [1.165, 1.54) is 0 Å². The Morgan fingerprint density at radius 3 is 2.53 bits per heavy atom. The summed E-state index contributed by atoms with van der Waals surface area (Å²) < 4.78 is 13.0. The van der Waals surface area contributed by atoms with Gasteiger partial charge in [-0.25, -0.2) is 4.79 Å². The van der Waals surface area contributed by atoms with Crippen LogP contribution in [0.5, 0.6) is 0 Å². The summed E-state index contributed by atoms with van der Waals surface area (Å²) in [5.41, 5.74) is 9.34. The van der Waals surface area contributed by atoms with Gasteiger partial charge in [0, 0.05) is 6.54 Å². The van der Waals surface area contributed by atoms with Gasteiger partial charge in [-0.15, -0.1) is 0 Å². The SMILES string of the molecule is Nc1c(N)n(CCCCF)c(=O)[nH]c1=O. The van der Waals surface area contributed by atoms with E-state index in [2.05, 4.69) is 0 Å². The molecule has 0 saturated heterocycles. The first-order valence-corrected chi connectivity index (χ1v) is 4.52. The highest BCUT2D eigenvalue weighted by Gasteiger charge is 2.08. The Labute approximate surface area is 84.7 Å². The molecule has 1 heterocycles. The lowest BCUT2D eigenvalue weighted by Gasteiger charge is -2.09. The maximum atomic E-state index is 11.8. The van der Waals surface area contributed by atoms with Gasteiger partial charge in [0.05, 0.1) is 6.67 Å². The largest absolute Gasteiger partial charge is 0.391 e. The number of nitrogen functional groups attached to an aromatic ring is 2. The van der Waals surface area contributed by atoms with Crippen LogP contribution in [0.25, 0.3) is 0 Å². The van der Waals surface area contributed by atoms with E-state index in [-0.39, 0.29) is 18.1 Å². The summed E-state index contributed by atoms with van der Waals surface area (Å²) in [5, 5.41) is 0. The highest BCUT2D eigenvalue weighted by atomic mass is 19.1. The Morgan fingerprint density at radius 2 is 1.93 bits per heavy atom. The molecule has 0 aliphatic heterocycles. The quantitative estimate of drug-likeness (QED) is 0.587. The lowest BCUT2D eigenvalue weighted by molar-refractivity contribution is 0.445. The normalized spacial score (nSPS) is 10.5. The van der Waals surface area contributed by atoms with Crippen molar-refractivity contribution in [3.8, 4) is 0 Å². The fourth-order valence-corrected chi connectivity index (χ4v) is 1.19. The molecule has 0 aliphatic rings. The molecule has 0 fully saturated rings. The fourth-order valence-electron chi connectivity index (χ4n) is 1.19. The van der Waals surface area contributed by atoms with Crippen LogP contribution in [0.1, 0.15) is 12.8 Å². The molecule has 0 amide bonds. The summed E-state index contributed by atoms with van der Waals surface area (Å²) in [6, 6.07) is 0. The predicted molar refractivity (Wildman–Crippen MR) is 55.4 cm³/mol. The van der Waals surface area contributed by atoms with Crippen molar-refractivity contribution in [1.29, 1.82) is 0 Å². The van der Waals surface area contributed by atoms with Crippen LogP contribution in [0.4, 0.5) is 15.9 Å². The van der Waals surface area contributed by atoms with E-state index < -0.39 is 17.9 Å². The number of hydrogen-bond acceptors (Lipinski definition) is 4.